The maximum Gasteiger partial charge on any atom is 0.268 e. The summed E-state index contributed by atoms with van der Waals surface area (Å²) in [6.07, 6.45) is 0.197. The molecule has 0 bridgehead atoms. The number of nitrogens with zero attached hydrogens (tertiary/aromatic N) is 1. The van der Waals surface area contributed by atoms with E-state index in [1.807, 2.05) is 23.6 Å². The monoisotopic (exact) mass is 333 g/mol. The Kier molecular flexibility index (Phi) is 4.22. The molecule has 1 aliphatic rings. The van der Waals surface area contributed by atoms with E-state index in [-0.39, 0.29) is 24.2 Å². The molecular weight excluding hydrogens is 322 g/mol. The van der Waals surface area contributed by atoms with Gasteiger partial charge in [-0.05, 0) is 23.1 Å². The summed E-state index contributed by atoms with van der Waals surface area (Å²) in [5.41, 5.74) is 0.766. The topological polar surface area (TPSA) is 70.6 Å². The fraction of sp³-hybridized carbons (Fsp3) is 0.133. The Morgan fingerprint density at radius 1 is 1.32 bits per heavy atom. The van der Waals surface area contributed by atoms with Crippen molar-refractivity contribution < 1.29 is 9.59 Å². The standard InChI is InChI=1S/C15H12ClN3O2S/c16-10-5-2-1-4-9(10)11-8-13(20)18-15(17-11)19-14(21)12-6-3-7-22-12/h1-7,11H,8H2,(H2,17,18,19,20,21). The van der Waals surface area contributed by atoms with Gasteiger partial charge in [0.15, 0.2) is 0 Å². The largest absolute Gasteiger partial charge is 0.296 e. The number of nitrogens with one attached hydrogen (secondary N) is 2. The highest BCUT2D eigenvalue weighted by atomic mass is 35.5. The second kappa shape index (κ2) is 6.29. The number of amides is 2. The molecule has 112 valence electrons. The number of thiophene rings is 1. The summed E-state index contributed by atoms with van der Waals surface area (Å²) in [7, 11) is 0. The molecule has 1 unspecified atom stereocenters. The van der Waals surface area contributed by atoms with Crippen LogP contribution in [0.1, 0.15) is 27.7 Å². The Labute approximate surface area is 136 Å². The molecule has 22 heavy (non-hydrogen) atoms. The number of halogens is 1. The van der Waals surface area contributed by atoms with E-state index in [9.17, 15) is 9.59 Å². The number of carbonyl (C=O) groups excluding carboxylic acids is 2. The number of hydrogen-bond donors (Lipinski definition) is 2. The molecule has 1 aromatic carbocycles. The van der Waals surface area contributed by atoms with Gasteiger partial charge in [0.25, 0.3) is 5.91 Å². The van der Waals surface area contributed by atoms with Crippen molar-refractivity contribution in [3.63, 3.8) is 0 Å². The van der Waals surface area contributed by atoms with Crippen molar-refractivity contribution in [2.45, 2.75) is 12.5 Å². The smallest absolute Gasteiger partial charge is 0.268 e. The molecule has 2 aromatic rings. The van der Waals surface area contributed by atoms with Crippen LogP contribution in [0.4, 0.5) is 0 Å². The van der Waals surface area contributed by atoms with Crippen LogP contribution in [0.25, 0.3) is 0 Å². The van der Waals surface area contributed by atoms with Crippen LogP contribution in [-0.2, 0) is 4.79 Å². The summed E-state index contributed by atoms with van der Waals surface area (Å²) in [4.78, 5) is 28.8. The van der Waals surface area contributed by atoms with Gasteiger partial charge >= 0.3 is 0 Å². The SMILES string of the molecule is O=C1CC(c2ccccc2Cl)N=C(NC(=O)c2cccs2)N1. The van der Waals surface area contributed by atoms with Crippen molar-refractivity contribution in [1.29, 1.82) is 0 Å². The third kappa shape index (κ3) is 3.18. The highest BCUT2D eigenvalue weighted by molar-refractivity contribution is 7.12. The molecule has 2 heterocycles. The highest BCUT2D eigenvalue weighted by Crippen LogP contribution is 2.29. The van der Waals surface area contributed by atoms with E-state index in [2.05, 4.69) is 15.6 Å². The summed E-state index contributed by atoms with van der Waals surface area (Å²) in [5.74, 6) is -0.352. The van der Waals surface area contributed by atoms with E-state index in [4.69, 9.17) is 11.6 Å². The van der Waals surface area contributed by atoms with Crippen LogP contribution in [0.5, 0.6) is 0 Å². The Morgan fingerprint density at radius 2 is 2.14 bits per heavy atom. The minimum atomic E-state index is -0.402. The molecule has 2 N–H and O–H groups in total. The van der Waals surface area contributed by atoms with Crippen molar-refractivity contribution in [3.8, 4) is 0 Å². The van der Waals surface area contributed by atoms with E-state index < -0.39 is 6.04 Å². The summed E-state index contributed by atoms with van der Waals surface area (Å²) in [5, 5.41) is 7.55. The lowest BCUT2D eigenvalue weighted by atomic mass is 10.0. The first-order chi connectivity index (χ1) is 10.6. The Morgan fingerprint density at radius 3 is 2.86 bits per heavy atom. The van der Waals surface area contributed by atoms with Crippen LogP contribution in [0, 0.1) is 0 Å². The summed E-state index contributed by atoms with van der Waals surface area (Å²) >= 11 is 7.47. The third-order valence-corrected chi connectivity index (χ3v) is 4.38. The molecule has 3 rings (SSSR count). The lowest BCUT2D eigenvalue weighted by molar-refractivity contribution is -0.120. The van der Waals surface area contributed by atoms with E-state index in [1.165, 1.54) is 11.3 Å². The first-order valence-corrected chi connectivity index (χ1v) is 7.86. The second-order valence-electron chi connectivity index (χ2n) is 4.70. The number of rotatable bonds is 2. The normalized spacial score (nSPS) is 17.6. The first kappa shape index (κ1) is 14.7. The Balaban J connectivity index is 1.83. The van der Waals surface area contributed by atoms with Gasteiger partial charge in [0.2, 0.25) is 11.9 Å². The molecular formula is C15H12ClN3O2S. The number of benzene rings is 1. The molecule has 2 amide bonds. The third-order valence-electron chi connectivity index (χ3n) is 3.16. The summed E-state index contributed by atoms with van der Waals surface area (Å²) in [6, 6.07) is 10.3. The molecule has 1 atom stereocenters. The predicted octanol–water partition coefficient (Wildman–Crippen LogP) is 2.75. The van der Waals surface area contributed by atoms with Gasteiger partial charge in [-0.2, -0.15) is 0 Å². The Bertz CT molecular complexity index is 743. The molecule has 0 spiro atoms. The van der Waals surface area contributed by atoms with Crippen molar-refractivity contribution in [2.75, 3.05) is 0 Å². The average Bonchev–Trinajstić information content (AvgIpc) is 3.01. The number of aliphatic imine (C=N–C) groups is 1. The fourth-order valence-corrected chi connectivity index (χ4v) is 3.04. The molecule has 0 saturated heterocycles. The average molecular weight is 334 g/mol. The van der Waals surface area contributed by atoms with E-state index in [0.717, 1.165) is 5.56 Å². The van der Waals surface area contributed by atoms with E-state index in [1.54, 1.807) is 18.2 Å². The van der Waals surface area contributed by atoms with Gasteiger partial charge in [-0.3, -0.25) is 20.2 Å². The maximum atomic E-state index is 12.0. The minimum Gasteiger partial charge on any atom is -0.296 e. The Hall–Kier alpha value is -2.18. The number of hydrogen-bond acceptors (Lipinski definition) is 4. The van der Waals surface area contributed by atoms with Crippen LogP contribution in [-0.4, -0.2) is 17.8 Å². The number of carbonyl (C=O) groups is 2. The summed E-state index contributed by atoms with van der Waals surface area (Å²) in [6.45, 7) is 0. The van der Waals surface area contributed by atoms with Crippen LogP contribution < -0.4 is 10.6 Å². The molecule has 0 saturated carbocycles. The minimum absolute atomic E-state index is 0.152. The second-order valence-corrected chi connectivity index (χ2v) is 6.05. The molecule has 5 nitrogen and oxygen atoms in total. The van der Waals surface area contributed by atoms with Gasteiger partial charge in [0.1, 0.15) is 0 Å². The van der Waals surface area contributed by atoms with Gasteiger partial charge < -0.3 is 0 Å². The van der Waals surface area contributed by atoms with Crippen LogP contribution in [0.3, 0.4) is 0 Å². The zero-order valence-electron chi connectivity index (χ0n) is 11.4. The lowest BCUT2D eigenvalue weighted by Crippen LogP contribution is -2.46. The molecule has 1 aliphatic heterocycles. The maximum absolute atomic E-state index is 12.0. The zero-order chi connectivity index (χ0) is 15.5. The van der Waals surface area contributed by atoms with Crippen LogP contribution >= 0.6 is 22.9 Å². The fourth-order valence-electron chi connectivity index (χ4n) is 2.16. The van der Waals surface area contributed by atoms with Gasteiger partial charge in [-0.1, -0.05) is 35.9 Å². The number of guanidine groups is 1. The van der Waals surface area contributed by atoms with E-state index in [0.29, 0.717) is 9.90 Å². The van der Waals surface area contributed by atoms with Gasteiger partial charge in [0, 0.05) is 5.02 Å². The van der Waals surface area contributed by atoms with Crippen molar-refractivity contribution in [2.24, 2.45) is 4.99 Å². The van der Waals surface area contributed by atoms with Crippen molar-refractivity contribution in [1.82, 2.24) is 10.6 Å². The van der Waals surface area contributed by atoms with Crippen LogP contribution in [0.2, 0.25) is 5.02 Å². The summed E-state index contributed by atoms with van der Waals surface area (Å²) < 4.78 is 0. The van der Waals surface area contributed by atoms with Gasteiger partial charge in [0.05, 0.1) is 17.3 Å². The molecule has 7 heteroatoms. The predicted molar refractivity (Wildman–Crippen MR) is 86.2 cm³/mol. The first-order valence-electron chi connectivity index (χ1n) is 6.60. The van der Waals surface area contributed by atoms with Gasteiger partial charge in [-0.25, -0.2) is 4.99 Å². The zero-order valence-corrected chi connectivity index (χ0v) is 12.9. The molecule has 0 fully saturated rings. The van der Waals surface area contributed by atoms with E-state index >= 15 is 0 Å². The quantitative estimate of drug-likeness (QED) is 0.887. The van der Waals surface area contributed by atoms with Gasteiger partial charge in [-0.15, -0.1) is 11.3 Å². The molecule has 0 aliphatic carbocycles. The molecule has 1 aromatic heterocycles. The highest BCUT2D eigenvalue weighted by Gasteiger charge is 2.25. The lowest BCUT2D eigenvalue weighted by Gasteiger charge is -2.21. The van der Waals surface area contributed by atoms with Crippen LogP contribution in [0.15, 0.2) is 46.8 Å². The van der Waals surface area contributed by atoms with Crippen molar-refractivity contribution >= 4 is 40.7 Å². The van der Waals surface area contributed by atoms with Crippen molar-refractivity contribution in [3.05, 3.63) is 57.2 Å². The molecule has 0 radical (unpaired) electrons.